The summed E-state index contributed by atoms with van der Waals surface area (Å²) in [6.07, 6.45) is 1.30. The van der Waals surface area contributed by atoms with Gasteiger partial charge in [-0.2, -0.15) is 0 Å². The van der Waals surface area contributed by atoms with E-state index in [9.17, 15) is 4.79 Å². The van der Waals surface area contributed by atoms with E-state index in [1.807, 2.05) is 56.3 Å². The zero-order valence-electron chi connectivity index (χ0n) is 15.3. The van der Waals surface area contributed by atoms with Gasteiger partial charge in [0, 0.05) is 36.6 Å². The predicted molar refractivity (Wildman–Crippen MR) is 101 cm³/mol. The number of benzene rings is 2. The molecule has 0 bridgehead atoms. The SMILES string of the molecule is CCOc1cc2c(cc1CNC(=O)CC(N)c1ccccc1)OC(C)C2. The Morgan fingerprint density at radius 3 is 2.85 bits per heavy atom. The van der Waals surface area contributed by atoms with Gasteiger partial charge in [-0.1, -0.05) is 30.3 Å². The Morgan fingerprint density at radius 2 is 2.12 bits per heavy atom. The molecule has 0 fully saturated rings. The molecule has 5 heteroatoms. The average Bonchev–Trinajstić information content (AvgIpc) is 2.99. The molecule has 138 valence electrons. The highest BCUT2D eigenvalue weighted by Gasteiger charge is 2.22. The minimum absolute atomic E-state index is 0.0846. The van der Waals surface area contributed by atoms with E-state index in [-0.39, 0.29) is 24.5 Å². The molecule has 1 amide bonds. The Kier molecular flexibility index (Phi) is 5.78. The molecule has 0 saturated carbocycles. The third kappa shape index (κ3) is 4.35. The zero-order valence-corrected chi connectivity index (χ0v) is 15.3. The van der Waals surface area contributed by atoms with Crippen LogP contribution >= 0.6 is 0 Å². The number of amides is 1. The van der Waals surface area contributed by atoms with Crippen LogP contribution in [0.2, 0.25) is 0 Å². The first-order valence-corrected chi connectivity index (χ1v) is 9.09. The molecule has 1 heterocycles. The number of fused-ring (bicyclic) bond motifs is 1. The van der Waals surface area contributed by atoms with Gasteiger partial charge in [-0.05, 0) is 31.5 Å². The third-order valence-corrected chi connectivity index (χ3v) is 4.49. The number of hydrogen-bond donors (Lipinski definition) is 2. The Bertz CT molecular complexity index is 761. The van der Waals surface area contributed by atoms with Crippen LogP contribution in [-0.2, 0) is 17.8 Å². The molecule has 3 rings (SSSR count). The average molecular weight is 354 g/mol. The lowest BCUT2D eigenvalue weighted by molar-refractivity contribution is -0.121. The standard InChI is InChI=1S/C21H26N2O3/c1-3-25-19-10-16-9-14(2)26-20(16)11-17(19)13-23-21(24)12-18(22)15-7-5-4-6-8-15/h4-8,10-11,14,18H,3,9,12-13,22H2,1-2H3,(H,23,24). The fourth-order valence-corrected chi connectivity index (χ4v) is 3.19. The molecule has 2 aromatic rings. The van der Waals surface area contributed by atoms with Crippen molar-refractivity contribution in [3.05, 3.63) is 59.2 Å². The summed E-state index contributed by atoms with van der Waals surface area (Å²) < 4.78 is 11.6. The number of carbonyl (C=O) groups is 1. The van der Waals surface area contributed by atoms with Crippen LogP contribution in [0.5, 0.6) is 11.5 Å². The molecule has 0 spiro atoms. The lowest BCUT2D eigenvalue weighted by Gasteiger charge is -2.15. The van der Waals surface area contributed by atoms with Crippen molar-refractivity contribution < 1.29 is 14.3 Å². The van der Waals surface area contributed by atoms with Crippen molar-refractivity contribution in [2.75, 3.05) is 6.61 Å². The van der Waals surface area contributed by atoms with Crippen molar-refractivity contribution in [1.82, 2.24) is 5.32 Å². The third-order valence-electron chi connectivity index (χ3n) is 4.49. The summed E-state index contributed by atoms with van der Waals surface area (Å²) >= 11 is 0. The van der Waals surface area contributed by atoms with E-state index < -0.39 is 0 Å². The lowest BCUT2D eigenvalue weighted by Crippen LogP contribution is -2.27. The minimum Gasteiger partial charge on any atom is -0.494 e. The molecule has 2 atom stereocenters. The second kappa shape index (κ2) is 8.23. The summed E-state index contributed by atoms with van der Waals surface area (Å²) in [5.41, 5.74) is 9.15. The van der Waals surface area contributed by atoms with Crippen LogP contribution in [0.25, 0.3) is 0 Å². The topological polar surface area (TPSA) is 73.6 Å². The van der Waals surface area contributed by atoms with Gasteiger partial charge in [0.2, 0.25) is 5.91 Å². The summed E-state index contributed by atoms with van der Waals surface area (Å²) in [6.45, 7) is 4.97. The predicted octanol–water partition coefficient (Wildman–Crippen LogP) is 3.12. The molecule has 3 N–H and O–H groups in total. The first kappa shape index (κ1) is 18.3. The highest BCUT2D eigenvalue weighted by atomic mass is 16.5. The van der Waals surface area contributed by atoms with Crippen molar-refractivity contribution in [1.29, 1.82) is 0 Å². The van der Waals surface area contributed by atoms with Crippen LogP contribution in [0.15, 0.2) is 42.5 Å². The Hall–Kier alpha value is -2.53. The van der Waals surface area contributed by atoms with Crippen LogP contribution < -0.4 is 20.5 Å². The number of nitrogens with one attached hydrogen (secondary N) is 1. The molecule has 0 aromatic heterocycles. The lowest BCUT2D eigenvalue weighted by atomic mass is 10.0. The van der Waals surface area contributed by atoms with E-state index in [1.165, 1.54) is 0 Å². The summed E-state index contributed by atoms with van der Waals surface area (Å²) in [7, 11) is 0. The van der Waals surface area contributed by atoms with Gasteiger partial charge in [0.1, 0.15) is 17.6 Å². The monoisotopic (exact) mass is 354 g/mol. The Morgan fingerprint density at radius 1 is 1.35 bits per heavy atom. The summed E-state index contributed by atoms with van der Waals surface area (Å²) in [5, 5.41) is 2.95. The molecule has 1 aliphatic rings. The maximum Gasteiger partial charge on any atom is 0.222 e. The molecule has 2 aromatic carbocycles. The van der Waals surface area contributed by atoms with Gasteiger partial charge in [-0.15, -0.1) is 0 Å². The van der Waals surface area contributed by atoms with Gasteiger partial charge in [-0.3, -0.25) is 4.79 Å². The van der Waals surface area contributed by atoms with Crippen LogP contribution in [0.3, 0.4) is 0 Å². The number of rotatable bonds is 7. The molecular weight excluding hydrogens is 328 g/mol. The smallest absolute Gasteiger partial charge is 0.222 e. The van der Waals surface area contributed by atoms with Gasteiger partial charge < -0.3 is 20.5 Å². The second-order valence-corrected chi connectivity index (χ2v) is 6.63. The fourth-order valence-electron chi connectivity index (χ4n) is 3.19. The summed E-state index contributed by atoms with van der Waals surface area (Å²) in [4.78, 5) is 12.3. The number of ether oxygens (including phenoxy) is 2. The fraction of sp³-hybridized carbons (Fsp3) is 0.381. The molecule has 0 radical (unpaired) electrons. The second-order valence-electron chi connectivity index (χ2n) is 6.63. The molecule has 0 saturated heterocycles. The molecule has 0 aliphatic carbocycles. The molecular formula is C21H26N2O3. The van der Waals surface area contributed by atoms with E-state index in [4.69, 9.17) is 15.2 Å². The number of nitrogens with two attached hydrogens (primary N) is 1. The van der Waals surface area contributed by atoms with Crippen molar-refractivity contribution in [2.24, 2.45) is 5.73 Å². The van der Waals surface area contributed by atoms with Gasteiger partial charge in [0.25, 0.3) is 0 Å². The Labute approximate surface area is 154 Å². The quantitative estimate of drug-likeness (QED) is 0.801. The maximum atomic E-state index is 12.3. The van der Waals surface area contributed by atoms with E-state index in [1.54, 1.807) is 0 Å². The van der Waals surface area contributed by atoms with E-state index in [0.717, 1.165) is 34.6 Å². The highest BCUT2D eigenvalue weighted by Crippen LogP contribution is 2.35. The van der Waals surface area contributed by atoms with E-state index >= 15 is 0 Å². The molecule has 2 unspecified atom stereocenters. The van der Waals surface area contributed by atoms with Crippen LogP contribution in [0.4, 0.5) is 0 Å². The van der Waals surface area contributed by atoms with Crippen molar-refractivity contribution in [3.8, 4) is 11.5 Å². The van der Waals surface area contributed by atoms with Gasteiger partial charge in [0.15, 0.2) is 0 Å². The summed E-state index contributed by atoms with van der Waals surface area (Å²) in [5.74, 6) is 1.60. The Balaban J connectivity index is 1.63. The number of carbonyl (C=O) groups excluding carboxylic acids is 1. The maximum absolute atomic E-state index is 12.3. The van der Waals surface area contributed by atoms with Gasteiger partial charge >= 0.3 is 0 Å². The molecule has 5 nitrogen and oxygen atoms in total. The van der Waals surface area contributed by atoms with Crippen LogP contribution in [-0.4, -0.2) is 18.6 Å². The highest BCUT2D eigenvalue weighted by molar-refractivity contribution is 5.77. The van der Waals surface area contributed by atoms with E-state index in [0.29, 0.717) is 13.2 Å². The van der Waals surface area contributed by atoms with Gasteiger partial charge in [0.05, 0.1) is 6.61 Å². The minimum atomic E-state index is -0.313. The molecule has 26 heavy (non-hydrogen) atoms. The zero-order chi connectivity index (χ0) is 18.5. The van der Waals surface area contributed by atoms with Crippen molar-refractivity contribution in [2.45, 2.75) is 45.4 Å². The largest absolute Gasteiger partial charge is 0.494 e. The number of hydrogen-bond acceptors (Lipinski definition) is 4. The molecule has 1 aliphatic heterocycles. The van der Waals surface area contributed by atoms with Crippen molar-refractivity contribution in [3.63, 3.8) is 0 Å². The van der Waals surface area contributed by atoms with Crippen molar-refractivity contribution >= 4 is 5.91 Å². The first-order valence-electron chi connectivity index (χ1n) is 9.09. The van der Waals surface area contributed by atoms with E-state index in [2.05, 4.69) is 5.32 Å². The van der Waals surface area contributed by atoms with Crippen LogP contribution in [0.1, 0.15) is 43.0 Å². The normalized spacial score (nSPS) is 16.5. The summed E-state index contributed by atoms with van der Waals surface area (Å²) in [6, 6.07) is 13.3. The van der Waals surface area contributed by atoms with Gasteiger partial charge in [-0.25, -0.2) is 0 Å². The van der Waals surface area contributed by atoms with Crippen LogP contribution in [0, 0.1) is 0 Å². The first-order chi connectivity index (χ1) is 12.6.